The van der Waals surface area contributed by atoms with Gasteiger partial charge in [-0.25, -0.2) is 0 Å². The number of carbonyl (C=O) groups is 2. The summed E-state index contributed by atoms with van der Waals surface area (Å²) in [5.41, 5.74) is 2.11. The van der Waals surface area contributed by atoms with Gasteiger partial charge in [-0.15, -0.1) is 10.2 Å². The maximum Gasteiger partial charge on any atom is 0.251 e. The van der Waals surface area contributed by atoms with Crippen molar-refractivity contribution in [3.05, 3.63) is 66.0 Å². The summed E-state index contributed by atoms with van der Waals surface area (Å²) in [5.74, 6) is 1.27. The van der Waals surface area contributed by atoms with Gasteiger partial charge in [0.1, 0.15) is 5.82 Å². The van der Waals surface area contributed by atoms with Crippen LogP contribution in [0.25, 0.3) is 5.69 Å². The number of carbonyl (C=O) groups excluding carboxylic acids is 2. The van der Waals surface area contributed by atoms with Crippen molar-refractivity contribution in [3.63, 3.8) is 0 Å². The largest absolute Gasteiger partial charge is 0.352 e. The van der Waals surface area contributed by atoms with Gasteiger partial charge in [0.25, 0.3) is 5.91 Å². The van der Waals surface area contributed by atoms with Gasteiger partial charge in [-0.2, -0.15) is 0 Å². The quantitative estimate of drug-likeness (QED) is 0.542. The molecular formula is C22H23N5O2S. The number of benzene rings is 2. The van der Waals surface area contributed by atoms with Crippen molar-refractivity contribution in [1.82, 2.24) is 20.1 Å². The van der Waals surface area contributed by atoms with Crippen molar-refractivity contribution in [2.24, 2.45) is 0 Å². The van der Waals surface area contributed by atoms with Crippen LogP contribution in [0.2, 0.25) is 0 Å². The van der Waals surface area contributed by atoms with Crippen molar-refractivity contribution in [2.45, 2.75) is 30.8 Å². The van der Waals surface area contributed by atoms with Gasteiger partial charge in [-0.3, -0.25) is 14.2 Å². The fraction of sp³-hybridized carbons (Fsp3) is 0.273. The molecule has 0 aliphatic heterocycles. The molecule has 2 N–H and O–H groups in total. The van der Waals surface area contributed by atoms with Crippen LogP contribution in [-0.2, 0) is 4.79 Å². The zero-order valence-electron chi connectivity index (χ0n) is 16.7. The second kappa shape index (κ2) is 9.13. The van der Waals surface area contributed by atoms with Crippen LogP contribution in [0.1, 0.15) is 41.9 Å². The van der Waals surface area contributed by atoms with Crippen molar-refractivity contribution in [2.75, 3.05) is 17.6 Å². The molecule has 4 rings (SSSR count). The summed E-state index contributed by atoms with van der Waals surface area (Å²) in [7, 11) is 0. The Morgan fingerprint density at radius 1 is 1.10 bits per heavy atom. The van der Waals surface area contributed by atoms with Gasteiger partial charge in [0.2, 0.25) is 5.91 Å². The van der Waals surface area contributed by atoms with Gasteiger partial charge in [-0.1, -0.05) is 36.0 Å². The van der Waals surface area contributed by atoms with E-state index in [1.165, 1.54) is 11.8 Å². The number of thioether (sulfide) groups is 1. The SMILES string of the molecule is CCNC(=O)c1cccc(NC(=O)CSc2nnc(C3CC3)n2-c2ccccc2)c1. The summed E-state index contributed by atoms with van der Waals surface area (Å²) in [6.07, 6.45) is 2.25. The van der Waals surface area contributed by atoms with Crippen LogP contribution < -0.4 is 10.6 Å². The highest BCUT2D eigenvalue weighted by molar-refractivity contribution is 7.99. The second-order valence-electron chi connectivity index (χ2n) is 7.06. The van der Waals surface area contributed by atoms with E-state index in [0.29, 0.717) is 28.9 Å². The molecule has 0 atom stereocenters. The minimum Gasteiger partial charge on any atom is -0.352 e. The Balaban J connectivity index is 1.44. The molecule has 0 saturated heterocycles. The molecule has 0 spiro atoms. The molecule has 8 heteroatoms. The molecule has 154 valence electrons. The van der Waals surface area contributed by atoms with Crippen molar-refractivity contribution in [3.8, 4) is 5.69 Å². The highest BCUT2D eigenvalue weighted by Crippen LogP contribution is 2.41. The molecule has 1 aromatic heterocycles. The molecule has 0 bridgehead atoms. The Bertz CT molecular complexity index is 1050. The third kappa shape index (κ3) is 4.71. The monoisotopic (exact) mass is 421 g/mol. The molecular weight excluding hydrogens is 398 g/mol. The number of rotatable bonds is 8. The molecule has 1 fully saturated rings. The highest BCUT2D eigenvalue weighted by atomic mass is 32.2. The average Bonchev–Trinajstić information content (AvgIpc) is 3.52. The Morgan fingerprint density at radius 2 is 1.90 bits per heavy atom. The summed E-state index contributed by atoms with van der Waals surface area (Å²) < 4.78 is 2.05. The number of nitrogens with zero attached hydrogens (tertiary/aromatic N) is 3. The fourth-order valence-corrected chi connectivity index (χ4v) is 3.89. The zero-order valence-corrected chi connectivity index (χ0v) is 17.5. The van der Waals surface area contributed by atoms with Crippen molar-refractivity contribution >= 4 is 29.3 Å². The first-order valence-corrected chi connectivity index (χ1v) is 11.0. The number of amides is 2. The molecule has 30 heavy (non-hydrogen) atoms. The molecule has 1 aliphatic carbocycles. The molecule has 1 aliphatic rings. The van der Waals surface area contributed by atoms with Crippen LogP contribution >= 0.6 is 11.8 Å². The molecule has 0 unspecified atom stereocenters. The Labute approximate surface area is 179 Å². The number of anilines is 1. The number of nitrogens with one attached hydrogen (secondary N) is 2. The lowest BCUT2D eigenvalue weighted by molar-refractivity contribution is -0.113. The normalized spacial score (nSPS) is 13.1. The van der Waals surface area contributed by atoms with E-state index in [1.54, 1.807) is 24.3 Å². The van der Waals surface area contributed by atoms with E-state index in [2.05, 4.69) is 20.8 Å². The van der Waals surface area contributed by atoms with E-state index in [0.717, 1.165) is 24.4 Å². The van der Waals surface area contributed by atoms with Crippen LogP contribution in [0, 0.1) is 0 Å². The predicted molar refractivity (Wildman–Crippen MR) is 117 cm³/mol. The average molecular weight is 422 g/mol. The Morgan fingerprint density at radius 3 is 2.63 bits per heavy atom. The minimum absolute atomic E-state index is 0.161. The molecule has 7 nitrogen and oxygen atoms in total. The standard InChI is InChI=1S/C22H23N5O2S/c1-2-23-21(29)16-7-6-8-17(13-16)24-19(28)14-30-22-26-25-20(15-11-12-15)27(22)18-9-4-3-5-10-18/h3-10,13,15H,2,11-12,14H2,1H3,(H,23,29)(H,24,28). The molecule has 1 saturated carbocycles. The summed E-state index contributed by atoms with van der Waals surface area (Å²) in [5, 5.41) is 15.0. The van der Waals surface area contributed by atoms with Crippen LogP contribution in [-0.4, -0.2) is 38.9 Å². The highest BCUT2D eigenvalue weighted by Gasteiger charge is 2.31. The number of aromatic nitrogens is 3. The van der Waals surface area contributed by atoms with Crippen LogP contribution in [0.4, 0.5) is 5.69 Å². The summed E-state index contributed by atoms with van der Waals surface area (Å²) in [6.45, 7) is 2.42. The summed E-state index contributed by atoms with van der Waals surface area (Å²) in [6, 6.07) is 16.9. The van der Waals surface area contributed by atoms with E-state index >= 15 is 0 Å². The van der Waals surface area contributed by atoms with Gasteiger partial charge in [0.15, 0.2) is 5.16 Å². The van der Waals surface area contributed by atoms with E-state index < -0.39 is 0 Å². The maximum absolute atomic E-state index is 12.5. The molecule has 3 aromatic rings. The smallest absolute Gasteiger partial charge is 0.251 e. The Hall–Kier alpha value is -3.13. The van der Waals surface area contributed by atoms with Gasteiger partial charge in [-0.05, 0) is 50.1 Å². The molecule has 1 heterocycles. The summed E-state index contributed by atoms with van der Waals surface area (Å²) >= 11 is 1.35. The van der Waals surface area contributed by atoms with Gasteiger partial charge in [0, 0.05) is 29.4 Å². The zero-order chi connectivity index (χ0) is 20.9. The van der Waals surface area contributed by atoms with Gasteiger partial charge < -0.3 is 10.6 Å². The molecule has 2 aromatic carbocycles. The van der Waals surface area contributed by atoms with Crippen molar-refractivity contribution < 1.29 is 9.59 Å². The van der Waals surface area contributed by atoms with Crippen LogP contribution in [0.3, 0.4) is 0 Å². The lowest BCUT2D eigenvalue weighted by Crippen LogP contribution is -2.23. The van der Waals surface area contributed by atoms with Crippen molar-refractivity contribution in [1.29, 1.82) is 0 Å². The summed E-state index contributed by atoms with van der Waals surface area (Å²) in [4.78, 5) is 24.5. The van der Waals surface area contributed by atoms with E-state index in [1.807, 2.05) is 41.8 Å². The lowest BCUT2D eigenvalue weighted by Gasteiger charge is -2.10. The number of para-hydroxylation sites is 1. The van der Waals surface area contributed by atoms with E-state index in [-0.39, 0.29) is 17.6 Å². The predicted octanol–water partition coefficient (Wildman–Crippen LogP) is 3.63. The minimum atomic E-state index is -0.163. The molecule has 2 amide bonds. The van der Waals surface area contributed by atoms with Gasteiger partial charge >= 0.3 is 0 Å². The fourth-order valence-electron chi connectivity index (χ4n) is 3.13. The first kappa shape index (κ1) is 20.2. The maximum atomic E-state index is 12.5. The molecule has 0 radical (unpaired) electrons. The second-order valence-corrected chi connectivity index (χ2v) is 8.01. The Kier molecular flexibility index (Phi) is 6.13. The lowest BCUT2D eigenvalue weighted by atomic mass is 10.2. The van der Waals surface area contributed by atoms with Gasteiger partial charge in [0.05, 0.1) is 5.75 Å². The topological polar surface area (TPSA) is 88.9 Å². The number of hydrogen-bond acceptors (Lipinski definition) is 5. The van der Waals surface area contributed by atoms with E-state index in [9.17, 15) is 9.59 Å². The third-order valence-corrected chi connectivity index (χ3v) is 5.62. The first-order chi connectivity index (χ1) is 14.7. The first-order valence-electron chi connectivity index (χ1n) is 9.97. The number of hydrogen-bond donors (Lipinski definition) is 2. The van der Waals surface area contributed by atoms with E-state index in [4.69, 9.17) is 0 Å². The van der Waals surface area contributed by atoms with Crippen LogP contribution in [0.15, 0.2) is 59.8 Å². The third-order valence-electron chi connectivity index (χ3n) is 4.69. The van der Waals surface area contributed by atoms with Crippen LogP contribution in [0.5, 0.6) is 0 Å².